The summed E-state index contributed by atoms with van der Waals surface area (Å²) in [7, 11) is 1.23. The minimum Gasteiger partial charge on any atom is -0.481 e. The zero-order valence-electron chi connectivity index (χ0n) is 18.4. The van der Waals surface area contributed by atoms with Gasteiger partial charge in [0.15, 0.2) is 18.1 Å². The fourth-order valence-corrected chi connectivity index (χ4v) is 3.35. The molecule has 0 N–H and O–H groups in total. The molecule has 0 aliphatic carbocycles. The van der Waals surface area contributed by atoms with Crippen molar-refractivity contribution in [3.63, 3.8) is 0 Å². The molecule has 8 nitrogen and oxygen atoms in total. The van der Waals surface area contributed by atoms with E-state index in [2.05, 4.69) is 4.74 Å². The van der Waals surface area contributed by atoms with Crippen molar-refractivity contribution in [2.45, 2.75) is 27.2 Å². The van der Waals surface area contributed by atoms with Crippen LogP contribution in [0, 0.1) is 16.7 Å². The molecular weight excluding hydrogens is 412 g/mol. The fraction of sp³-hybridized carbons (Fsp3) is 0.333. The standard InChI is InChI=1S/C24H24N2O6/c1-24(2,3)11-16(27)13-26-17-10-15(12-25)8-9-18(17)32-20-7-5-6-19(22(20)23(26)29)31-14-21(28)30-4/h5-10H,11,13-14H2,1-4H3. The largest absolute Gasteiger partial charge is 0.481 e. The number of Topliss-reactive ketones (excluding diaryl/α,β-unsaturated/α-hetero) is 1. The van der Waals surface area contributed by atoms with E-state index < -0.39 is 18.5 Å². The summed E-state index contributed by atoms with van der Waals surface area (Å²) in [5.41, 5.74) is 0.453. The number of nitriles is 1. The number of amides is 1. The molecule has 2 aromatic carbocycles. The zero-order chi connectivity index (χ0) is 23.5. The Morgan fingerprint density at radius 2 is 1.91 bits per heavy atom. The van der Waals surface area contributed by atoms with Crippen molar-refractivity contribution >= 4 is 23.3 Å². The van der Waals surface area contributed by atoms with Crippen LogP contribution in [0.15, 0.2) is 36.4 Å². The van der Waals surface area contributed by atoms with E-state index >= 15 is 0 Å². The van der Waals surface area contributed by atoms with Crippen molar-refractivity contribution in [2.24, 2.45) is 5.41 Å². The van der Waals surface area contributed by atoms with Crippen LogP contribution in [0.1, 0.15) is 43.1 Å². The van der Waals surface area contributed by atoms with Crippen LogP contribution in [0.2, 0.25) is 0 Å². The molecule has 8 heteroatoms. The van der Waals surface area contributed by atoms with Crippen molar-refractivity contribution in [1.82, 2.24) is 0 Å². The summed E-state index contributed by atoms with van der Waals surface area (Å²) < 4.78 is 16.1. The number of nitrogens with zero attached hydrogens (tertiary/aromatic N) is 2. The second kappa shape index (κ2) is 9.10. The predicted octanol–water partition coefficient (Wildman–Crippen LogP) is 3.87. The number of carbonyl (C=O) groups is 3. The number of ketones is 1. The molecule has 166 valence electrons. The average Bonchev–Trinajstić information content (AvgIpc) is 2.85. The van der Waals surface area contributed by atoms with Crippen LogP contribution in [0.25, 0.3) is 0 Å². The molecular formula is C24H24N2O6. The number of anilines is 1. The molecule has 32 heavy (non-hydrogen) atoms. The van der Waals surface area contributed by atoms with E-state index in [-0.39, 0.29) is 41.2 Å². The molecule has 3 rings (SSSR count). The van der Waals surface area contributed by atoms with Crippen molar-refractivity contribution in [3.05, 3.63) is 47.5 Å². The summed E-state index contributed by atoms with van der Waals surface area (Å²) >= 11 is 0. The number of fused-ring (bicyclic) bond motifs is 2. The fourth-order valence-electron chi connectivity index (χ4n) is 3.35. The third-order valence-electron chi connectivity index (χ3n) is 4.68. The summed E-state index contributed by atoms with van der Waals surface area (Å²) in [5.74, 6) is -0.616. The van der Waals surface area contributed by atoms with E-state index in [0.717, 1.165) is 0 Å². The van der Waals surface area contributed by atoms with E-state index in [1.807, 2.05) is 26.8 Å². The number of carbonyl (C=O) groups excluding carboxylic acids is 3. The van der Waals surface area contributed by atoms with Gasteiger partial charge in [-0.1, -0.05) is 26.8 Å². The first-order chi connectivity index (χ1) is 15.1. The van der Waals surface area contributed by atoms with Crippen LogP contribution in [-0.2, 0) is 14.3 Å². The quantitative estimate of drug-likeness (QED) is 0.633. The number of benzene rings is 2. The Kier molecular flexibility index (Phi) is 6.49. The lowest BCUT2D eigenvalue weighted by molar-refractivity contribution is -0.142. The van der Waals surface area contributed by atoms with Gasteiger partial charge >= 0.3 is 5.97 Å². The number of hydrogen-bond acceptors (Lipinski definition) is 7. The molecule has 0 unspecified atom stereocenters. The first-order valence-corrected chi connectivity index (χ1v) is 10.0. The van der Waals surface area contributed by atoms with E-state index in [1.165, 1.54) is 24.1 Å². The number of esters is 1. The number of ether oxygens (including phenoxy) is 3. The second-order valence-electron chi connectivity index (χ2n) is 8.56. The molecule has 1 heterocycles. The van der Waals surface area contributed by atoms with Crippen molar-refractivity contribution in [3.8, 4) is 23.3 Å². The van der Waals surface area contributed by atoms with Gasteiger partial charge in [0.05, 0.1) is 31.0 Å². The first kappa shape index (κ1) is 22.8. The molecule has 0 radical (unpaired) electrons. The molecule has 0 aromatic heterocycles. The van der Waals surface area contributed by atoms with Gasteiger partial charge in [0.2, 0.25) is 0 Å². The molecule has 0 fully saturated rings. The maximum atomic E-state index is 13.6. The number of rotatable bonds is 6. The van der Waals surface area contributed by atoms with Crippen molar-refractivity contribution in [2.75, 3.05) is 25.2 Å². The summed E-state index contributed by atoms with van der Waals surface area (Å²) in [6.07, 6.45) is 0.262. The highest BCUT2D eigenvalue weighted by molar-refractivity contribution is 6.13. The highest BCUT2D eigenvalue weighted by atomic mass is 16.6. The van der Waals surface area contributed by atoms with Crippen LogP contribution in [0.3, 0.4) is 0 Å². The van der Waals surface area contributed by atoms with Crippen LogP contribution < -0.4 is 14.4 Å². The zero-order valence-corrected chi connectivity index (χ0v) is 18.4. The third-order valence-corrected chi connectivity index (χ3v) is 4.68. The highest BCUT2D eigenvalue weighted by Gasteiger charge is 2.33. The minimum absolute atomic E-state index is 0.0784. The van der Waals surface area contributed by atoms with Gasteiger partial charge in [-0.3, -0.25) is 14.5 Å². The van der Waals surface area contributed by atoms with Gasteiger partial charge in [0, 0.05) is 6.42 Å². The summed E-state index contributed by atoms with van der Waals surface area (Å²) in [4.78, 5) is 39.3. The van der Waals surface area contributed by atoms with E-state index in [0.29, 0.717) is 17.0 Å². The topological polar surface area (TPSA) is 106 Å². The van der Waals surface area contributed by atoms with Crippen LogP contribution in [-0.4, -0.2) is 37.9 Å². The van der Waals surface area contributed by atoms with E-state index in [9.17, 15) is 19.6 Å². The maximum Gasteiger partial charge on any atom is 0.343 e. The third kappa shape index (κ3) is 5.06. The SMILES string of the molecule is COC(=O)COc1cccc2c1C(=O)N(CC(=O)CC(C)(C)C)c1cc(C#N)ccc1O2. The van der Waals surface area contributed by atoms with Gasteiger partial charge in [-0.25, -0.2) is 4.79 Å². The molecule has 0 saturated heterocycles. The average molecular weight is 436 g/mol. The van der Waals surface area contributed by atoms with Crippen molar-refractivity contribution < 1.29 is 28.6 Å². The number of methoxy groups -OCH3 is 1. The van der Waals surface area contributed by atoms with Gasteiger partial charge in [-0.15, -0.1) is 0 Å². The van der Waals surface area contributed by atoms with Gasteiger partial charge in [0.25, 0.3) is 5.91 Å². The smallest absolute Gasteiger partial charge is 0.343 e. The van der Waals surface area contributed by atoms with Gasteiger partial charge in [-0.05, 0) is 35.7 Å². The Bertz CT molecular complexity index is 1110. The Morgan fingerprint density at radius 1 is 1.16 bits per heavy atom. The molecule has 2 aromatic rings. The van der Waals surface area contributed by atoms with Gasteiger partial charge < -0.3 is 14.2 Å². The molecule has 0 saturated carbocycles. The Labute approximate surface area is 186 Å². The van der Waals surface area contributed by atoms with Crippen LogP contribution in [0.4, 0.5) is 5.69 Å². The lowest BCUT2D eigenvalue weighted by Gasteiger charge is -2.24. The predicted molar refractivity (Wildman–Crippen MR) is 116 cm³/mol. The van der Waals surface area contributed by atoms with Crippen LogP contribution >= 0.6 is 0 Å². The number of hydrogen-bond donors (Lipinski definition) is 0. The normalized spacial score (nSPS) is 12.6. The van der Waals surface area contributed by atoms with E-state index in [1.54, 1.807) is 24.3 Å². The van der Waals surface area contributed by atoms with Gasteiger partial charge in [-0.2, -0.15) is 5.26 Å². The monoisotopic (exact) mass is 436 g/mol. The highest BCUT2D eigenvalue weighted by Crippen LogP contribution is 2.42. The lowest BCUT2D eigenvalue weighted by Crippen LogP contribution is -2.36. The summed E-state index contributed by atoms with van der Waals surface area (Å²) in [6.45, 7) is 5.22. The Balaban J connectivity index is 2.08. The van der Waals surface area contributed by atoms with Crippen LogP contribution in [0.5, 0.6) is 17.2 Å². The Morgan fingerprint density at radius 3 is 2.56 bits per heavy atom. The summed E-state index contributed by atoms with van der Waals surface area (Å²) in [5, 5.41) is 9.33. The Hall–Kier alpha value is -3.86. The second-order valence-corrected chi connectivity index (χ2v) is 8.56. The first-order valence-electron chi connectivity index (χ1n) is 10.0. The lowest BCUT2D eigenvalue weighted by atomic mass is 9.90. The van der Waals surface area contributed by atoms with Crippen molar-refractivity contribution in [1.29, 1.82) is 5.26 Å². The molecule has 0 bridgehead atoms. The van der Waals surface area contributed by atoms with Gasteiger partial charge in [0.1, 0.15) is 17.1 Å². The minimum atomic E-state index is -0.608. The molecule has 1 aliphatic rings. The van der Waals surface area contributed by atoms with E-state index in [4.69, 9.17) is 9.47 Å². The molecule has 1 amide bonds. The molecule has 1 aliphatic heterocycles. The summed E-state index contributed by atoms with van der Waals surface area (Å²) in [6, 6.07) is 11.5. The molecule has 0 atom stereocenters. The maximum absolute atomic E-state index is 13.6. The molecule has 0 spiro atoms.